The molecule has 0 rings (SSSR count). The smallest absolute Gasteiger partial charge is 0.108 e. The molecule has 0 heterocycles. The molecule has 1 N–H and O–H groups in total. The van der Waals surface area contributed by atoms with E-state index in [2.05, 4.69) is 10.5 Å². The third-order valence-corrected chi connectivity index (χ3v) is 0.950. The molecule has 0 atom stereocenters. The van der Waals surface area contributed by atoms with Crippen LogP contribution in [-0.4, -0.2) is 12.3 Å². The highest BCUT2D eigenvalue weighted by atomic mass is 35.5. The van der Waals surface area contributed by atoms with Gasteiger partial charge in [0.2, 0.25) is 0 Å². The summed E-state index contributed by atoms with van der Waals surface area (Å²) in [6.45, 7) is 4.57. The van der Waals surface area contributed by atoms with Crippen LogP contribution in [0.5, 0.6) is 0 Å². The predicted molar refractivity (Wildman–Crippen MR) is 46.6 cm³/mol. The first kappa shape index (κ1) is 9.79. The van der Waals surface area contributed by atoms with Crippen molar-refractivity contribution in [3.63, 3.8) is 0 Å². The minimum absolute atomic E-state index is 0.221. The van der Waals surface area contributed by atoms with Crippen LogP contribution >= 0.6 is 23.2 Å². The second kappa shape index (κ2) is 5.57. The van der Waals surface area contributed by atoms with Crippen molar-refractivity contribution < 1.29 is 0 Å². The van der Waals surface area contributed by atoms with Gasteiger partial charge < -0.3 is 5.43 Å². The molecule has 0 saturated heterocycles. The van der Waals surface area contributed by atoms with Crippen LogP contribution in [0.15, 0.2) is 15.7 Å². The summed E-state index contributed by atoms with van der Waals surface area (Å²) in [6, 6.07) is 0. The Hall–Kier alpha value is -0.210. The van der Waals surface area contributed by atoms with Gasteiger partial charge in [0, 0.05) is 6.54 Å². The summed E-state index contributed by atoms with van der Waals surface area (Å²) in [5, 5.41) is 3.90. The Bertz CT molecular complexity index is 148. The van der Waals surface area contributed by atoms with Crippen LogP contribution in [0.3, 0.4) is 0 Å². The molecule has 0 aliphatic carbocycles. The van der Waals surface area contributed by atoms with Gasteiger partial charge in [-0.25, -0.2) is 0 Å². The van der Waals surface area contributed by atoms with E-state index in [0.29, 0.717) is 0 Å². The standard InChI is InChI=1S/C6H10Cl2N2/c1-3-9-10-5(2)4-6(7)8/h4,9H,3H2,1-2H3. The SMILES string of the molecule is CCNN=C(C)C=C(Cl)Cl. The Kier molecular flexibility index (Phi) is 5.45. The molecule has 0 aromatic heterocycles. The fourth-order valence-electron chi connectivity index (χ4n) is 0.394. The number of hydrazone groups is 1. The number of hydrogen-bond acceptors (Lipinski definition) is 2. The van der Waals surface area contributed by atoms with E-state index in [-0.39, 0.29) is 4.49 Å². The van der Waals surface area contributed by atoms with Crippen molar-refractivity contribution in [2.24, 2.45) is 5.10 Å². The van der Waals surface area contributed by atoms with E-state index in [1.165, 1.54) is 0 Å². The van der Waals surface area contributed by atoms with Crippen molar-refractivity contribution in [2.45, 2.75) is 13.8 Å². The van der Waals surface area contributed by atoms with E-state index in [4.69, 9.17) is 23.2 Å². The largest absolute Gasteiger partial charge is 0.310 e. The fraction of sp³-hybridized carbons (Fsp3) is 0.500. The van der Waals surface area contributed by atoms with Crippen LogP contribution in [0.1, 0.15) is 13.8 Å². The van der Waals surface area contributed by atoms with Crippen LogP contribution in [0, 0.1) is 0 Å². The van der Waals surface area contributed by atoms with Gasteiger partial charge in [0.25, 0.3) is 0 Å². The fourth-order valence-corrected chi connectivity index (χ4v) is 0.710. The zero-order valence-electron chi connectivity index (χ0n) is 5.99. The van der Waals surface area contributed by atoms with Crippen molar-refractivity contribution >= 4 is 28.9 Å². The zero-order chi connectivity index (χ0) is 7.98. The van der Waals surface area contributed by atoms with E-state index in [1.54, 1.807) is 6.08 Å². The molecule has 0 bridgehead atoms. The Morgan fingerprint density at radius 1 is 1.60 bits per heavy atom. The second-order valence-corrected chi connectivity index (χ2v) is 2.71. The van der Waals surface area contributed by atoms with E-state index in [0.717, 1.165) is 12.3 Å². The average molecular weight is 181 g/mol. The van der Waals surface area contributed by atoms with Gasteiger partial charge in [0.15, 0.2) is 0 Å². The molecule has 4 heteroatoms. The van der Waals surface area contributed by atoms with Gasteiger partial charge in [-0.1, -0.05) is 23.2 Å². The van der Waals surface area contributed by atoms with Gasteiger partial charge in [0.1, 0.15) is 4.49 Å². The molecule has 0 aromatic rings. The summed E-state index contributed by atoms with van der Waals surface area (Å²) in [6.07, 6.45) is 1.58. The van der Waals surface area contributed by atoms with Crippen LogP contribution < -0.4 is 5.43 Å². The van der Waals surface area contributed by atoms with Crippen LogP contribution in [0.25, 0.3) is 0 Å². The lowest BCUT2D eigenvalue weighted by Gasteiger charge is -1.93. The minimum Gasteiger partial charge on any atom is -0.310 e. The number of nitrogens with zero attached hydrogens (tertiary/aromatic N) is 1. The molecule has 10 heavy (non-hydrogen) atoms. The minimum atomic E-state index is 0.221. The first-order valence-corrected chi connectivity index (χ1v) is 3.72. The van der Waals surface area contributed by atoms with Gasteiger partial charge >= 0.3 is 0 Å². The Labute approximate surface area is 70.9 Å². The number of halogens is 2. The topological polar surface area (TPSA) is 24.4 Å². The number of nitrogens with one attached hydrogen (secondary N) is 1. The van der Waals surface area contributed by atoms with Crippen LogP contribution in [0.4, 0.5) is 0 Å². The lowest BCUT2D eigenvalue weighted by Crippen LogP contribution is -2.05. The molecule has 0 aromatic carbocycles. The lowest BCUT2D eigenvalue weighted by atomic mass is 10.4. The number of rotatable bonds is 3. The summed E-state index contributed by atoms with van der Waals surface area (Å²) in [5.74, 6) is 0. The molecular formula is C6H10Cl2N2. The normalized spacial score (nSPS) is 11.0. The monoisotopic (exact) mass is 180 g/mol. The second-order valence-electron chi connectivity index (χ2n) is 1.70. The van der Waals surface area contributed by atoms with Crippen molar-refractivity contribution in [1.29, 1.82) is 0 Å². The highest BCUT2D eigenvalue weighted by molar-refractivity contribution is 6.56. The van der Waals surface area contributed by atoms with Gasteiger partial charge in [-0.3, -0.25) is 0 Å². The summed E-state index contributed by atoms with van der Waals surface area (Å²) >= 11 is 10.7. The average Bonchev–Trinajstić information content (AvgIpc) is 1.82. The maximum Gasteiger partial charge on any atom is 0.108 e. The van der Waals surface area contributed by atoms with Crippen LogP contribution in [-0.2, 0) is 0 Å². The first-order valence-electron chi connectivity index (χ1n) is 2.96. The quantitative estimate of drug-likeness (QED) is 0.524. The van der Waals surface area contributed by atoms with Gasteiger partial charge in [0.05, 0.1) is 5.71 Å². The van der Waals surface area contributed by atoms with Crippen molar-refractivity contribution in [1.82, 2.24) is 5.43 Å². The van der Waals surface area contributed by atoms with Crippen molar-refractivity contribution in [2.75, 3.05) is 6.54 Å². The summed E-state index contributed by atoms with van der Waals surface area (Å²) < 4.78 is 0.221. The van der Waals surface area contributed by atoms with Gasteiger partial charge in [-0.2, -0.15) is 5.10 Å². The maximum atomic E-state index is 5.37. The molecule has 2 nitrogen and oxygen atoms in total. The molecule has 0 aliphatic rings. The molecule has 0 radical (unpaired) electrons. The molecular weight excluding hydrogens is 171 g/mol. The molecule has 0 saturated carbocycles. The summed E-state index contributed by atoms with van der Waals surface area (Å²) in [5.41, 5.74) is 3.55. The third kappa shape index (κ3) is 5.92. The van der Waals surface area contributed by atoms with Crippen molar-refractivity contribution in [3.8, 4) is 0 Å². The van der Waals surface area contributed by atoms with Crippen molar-refractivity contribution in [3.05, 3.63) is 10.6 Å². The van der Waals surface area contributed by atoms with E-state index in [9.17, 15) is 0 Å². The molecule has 0 unspecified atom stereocenters. The number of allylic oxidation sites excluding steroid dienone is 1. The highest BCUT2D eigenvalue weighted by Crippen LogP contribution is 2.05. The van der Waals surface area contributed by atoms with E-state index >= 15 is 0 Å². The summed E-state index contributed by atoms with van der Waals surface area (Å²) in [4.78, 5) is 0. The Morgan fingerprint density at radius 2 is 2.20 bits per heavy atom. The van der Waals surface area contributed by atoms with Gasteiger partial charge in [-0.15, -0.1) is 0 Å². The van der Waals surface area contributed by atoms with E-state index in [1.807, 2.05) is 13.8 Å². The number of hydrogen-bond donors (Lipinski definition) is 1. The molecule has 58 valence electrons. The molecule has 0 fully saturated rings. The Morgan fingerprint density at radius 3 is 2.60 bits per heavy atom. The molecule has 0 amide bonds. The third-order valence-electron chi connectivity index (χ3n) is 0.732. The summed E-state index contributed by atoms with van der Waals surface area (Å²) in [7, 11) is 0. The highest BCUT2D eigenvalue weighted by Gasteiger charge is 1.85. The van der Waals surface area contributed by atoms with Gasteiger partial charge in [-0.05, 0) is 19.9 Å². The van der Waals surface area contributed by atoms with E-state index < -0.39 is 0 Å². The van der Waals surface area contributed by atoms with Crippen LogP contribution in [0.2, 0.25) is 0 Å². The maximum absolute atomic E-state index is 5.37. The Balaban J connectivity index is 3.82. The predicted octanol–water partition coefficient (Wildman–Crippen LogP) is 2.29. The zero-order valence-corrected chi connectivity index (χ0v) is 7.50. The first-order chi connectivity index (χ1) is 4.66. The molecule has 0 aliphatic heterocycles. The lowest BCUT2D eigenvalue weighted by molar-refractivity contribution is 0.783. The molecule has 0 spiro atoms.